The third-order valence-electron chi connectivity index (χ3n) is 10.1. The van der Waals surface area contributed by atoms with Gasteiger partial charge in [0.15, 0.2) is 0 Å². The van der Waals surface area contributed by atoms with E-state index >= 15 is 0 Å². The van der Waals surface area contributed by atoms with E-state index in [1.807, 2.05) is 35.2 Å². The Kier molecular flexibility index (Phi) is 9.75. The normalized spacial score (nSPS) is 20.7. The van der Waals surface area contributed by atoms with E-state index in [0.717, 1.165) is 58.3 Å². The van der Waals surface area contributed by atoms with Crippen LogP contribution in [0.3, 0.4) is 0 Å². The molecule has 3 heterocycles. The second kappa shape index (κ2) is 13.9. The second-order valence-electron chi connectivity index (χ2n) is 12.9. The molecule has 8 heteroatoms. The maximum absolute atomic E-state index is 14.2. The number of carbonyl (C=O) groups excluding carboxylic acids is 2. The summed E-state index contributed by atoms with van der Waals surface area (Å²) in [4.78, 5) is 37.8. The number of nitrogens with zero attached hydrogens (tertiary/aromatic N) is 3. The molecule has 1 aromatic carbocycles. The number of pyridine rings is 1. The van der Waals surface area contributed by atoms with Gasteiger partial charge in [-0.05, 0) is 62.0 Å². The number of hydrogen-bond donors (Lipinski definition) is 2. The molecule has 0 spiro atoms. The molecular formula is C35H46N4O3S. The van der Waals surface area contributed by atoms with Crippen molar-refractivity contribution in [2.75, 3.05) is 26.2 Å². The number of fused-ring (bicyclic) bond motifs is 1. The third kappa shape index (κ3) is 6.81. The van der Waals surface area contributed by atoms with Crippen molar-refractivity contribution in [2.45, 2.75) is 89.8 Å². The van der Waals surface area contributed by atoms with Crippen LogP contribution in [0.15, 0.2) is 41.8 Å². The van der Waals surface area contributed by atoms with Gasteiger partial charge < -0.3 is 15.3 Å². The number of hydrogen-bond acceptors (Lipinski definition) is 6. The first-order valence-electron chi connectivity index (χ1n) is 16.4. The first kappa shape index (κ1) is 30.2. The molecule has 3 aliphatic rings. The molecule has 0 radical (unpaired) electrons. The number of amides is 2. The average Bonchev–Trinajstić information content (AvgIpc) is 3.60. The van der Waals surface area contributed by atoms with Gasteiger partial charge >= 0.3 is 0 Å². The number of aromatic nitrogens is 1. The number of carbonyl (C=O) groups is 2. The first-order valence-corrected chi connectivity index (χ1v) is 17.3. The zero-order valence-electron chi connectivity index (χ0n) is 25.5. The summed E-state index contributed by atoms with van der Waals surface area (Å²) in [5.74, 6) is 0.470. The largest absolute Gasteiger partial charge is 0.383 e. The molecule has 7 nitrogen and oxygen atoms in total. The van der Waals surface area contributed by atoms with Gasteiger partial charge in [-0.25, -0.2) is 4.98 Å². The van der Waals surface area contributed by atoms with Crippen LogP contribution in [0.4, 0.5) is 0 Å². The molecule has 0 bridgehead atoms. The molecule has 1 aliphatic heterocycles. The SMILES string of the molecule is CC(NC(=O)c1c(CN2CCN(C(=O)C(O)C3CCCCC3)CC2)c(-c2cccs2)nc2ccccc12)C1CCCCC1. The van der Waals surface area contributed by atoms with E-state index in [1.54, 1.807) is 11.3 Å². The van der Waals surface area contributed by atoms with Crippen molar-refractivity contribution in [3.05, 3.63) is 52.9 Å². The summed E-state index contributed by atoms with van der Waals surface area (Å²) in [5, 5.41) is 17.2. The molecule has 230 valence electrons. The molecule has 2 saturated carbocycles. The van der Waals surface area contributed by atoms with Crippen molar-refractivity contribution in [2.24, 2.45) is 11.8 Å². The van der Waals surface area contributed by atoms with Crippen LogP contribution in [-0.4, -0.2) is 70.0 Å². The number of para-hydroxylation sites is 1. The van der Waals surface area contributed by atoms with Crippen LogP contribution in [0.25, 0.3) is 21.5 Å². The van der Waals surface area contributed by atoms with E-state index in [1.165, 1.54) is 38.5 Å². The number of aliphatic hydroxyl groups excluding tert-OH is 1. The van der Waals surface area contributed by atoms with Crippen molar-refractivity contribution in [3.8, 4) is 10.6 Å². The number of rotatable bonds is 8. The number of nitrogens with one attached hydrogen (secondary N) is 1. The lowest BCUT2D eigenvalue weighted by Crippen LogP contribution is -2.52. The van der Waals surface area contributed by atoms with Gasteiger partial charge in [0.25, 0.3) is 11.8 Å². The zero-order chi connectivity index (χ0) is 29.8. The van der Waals surface area contributed by atoms with Gasteiger partial charge in [-0.3, -0.25) is 14.5 Å². The van der Waals surface area contributed by atoms with Crippen LogP contribution in [0.5, 0.6) is 0 Å². The Morgan fingerprint density at radius 2 is 1.60 bits per heavy atom. The van der Waals surface area contributed by atoms with Gasteiger partial charge in [0, 0.05) is 49.7 Å². The van der Waals surface area contributed by atoms with Crippen LogP contribution >= 0.6 is 11.3 Å². The van der Waals surface area contributed by atoms with Gasteiger partial charge in [0.05, 0.1) is 21.7 Å². The fourth-order valence-corrected chi connectivity index (χ4v) is 8.24. The summed E-state index contributed by atoms with van der Waals surface area (Å²) in [7, 11) is 0. The topological polar surface area (TPSA) is 85.8 Å². The van der Waals surface area contributed by atoms with Crippen molar-refractivity contribution in [1.82, 2.24) is 20.1 Å². The van der Waals surface area contributed by atoms with Crippen LogP contribution in [0, 0.1) is 11.8 Å². The summed E-state index contributed by atoms with van der Waals surface area (Å²) in [6.07, 6.45) is 10.5. The highest BCUT2D eigenvalue weighted by Crippen LogP contribution is 2.35. The Balaban J connectivity index is 1.25. The molecule has 2 amide bonds. The van der Waals surface area contributed by atoms with Crippen molar-refractivity contribution in [3.63, 3.8) is 0 Å². The van der Waals surface area contributed by atoms with Gasteiger partial charge in [-0.2, -0.15) is 0 Å². The van der Waals surface area contributed by atoms with E-state index in [9.17, 15) is 14.7 Å². The van der Waals surface area contributed by atoms with Gasteiger partial charge in [-0.15, -0.1) is 11.3 Å². The molecule has 43 heavy (non-hydrogen) atoms. The summed E-state index contributed by atoms with van der Waals surface area (Å²) >= 11 is 1.65. The summed E-state index contributed by atoms with van der Waals surface area (Å²) in [6, 6.07) is 12.2. The molecule has 3 aromatic rings. The Morgan fingerprint density at radius 1 is 0.930 bits per heavy atom. The fourth-order valence-electron chi connectivity index (χ4n) is 7.50. The Hall–Kier alpha value is -2.81. The van der Waals surface area contributed by atoms with E-state index in [0.29, 0.717) is 38.6 Å². The molecule has 2 unspecified atom stereocenters. The zero-order valence-corrected chi connectivity index (χ0v) is 26.3. The number of aliphatic hydroxyl groups is 1. The predicted molar refractivity (Wildman–Crippen MR) is 173 cm³/mol. The lowest BCUT2D eigenvalue weighted by atomic mass is 9.84. The average molecular weight is 603 g/mol. The number of thiophene rings is 1. The molecule has 2 aromatic heterocycles. The molecule has 1 saturated heterocycles. The lowest BCUT2D eigenvalue weighted by Gasteiger charge is -2.37. The molecule has 6 rings (SSSR count). The Bertz CT molecular complexity index is 1390. The van der Waals surface area contributed by atoms with E-state index < -0.39 is 6.10 Å². The molecule has 2 N–H and O–H groups in total. The highest BCUT2D eigenvalue weighted by Gasteiger charge is 2.33. The molecule has 2 atom stereocenters. The minimum atomic E-state index is -0.886. The minimum Gasteiger partial charge on any atom is -0.383 e. The number of piperazine rings is 1. The standard InChI is InChI=1S/C35H46N4O3S/c1-24(25-11-4-2-5-12-25)36-34(41)31-27-15-8-9-16-29(27)37-32(30-17-10-22-43-30)28(31)23-38-18-20-39(21-19-38)35(42)33(40)26-13-6-3-7-14-26/h8-10,15-17,22,24-26,33,40H,2-7,11-14,18-21,23H2,1H3,(H,36,41). The first-order chi connectivity index (χ1) is 21.0. The highest BCUT2D eigenvalue weighted by molar-refractivity contribution is 7.13. The van der Waals surface area contributed by atoms with Crippen LogP contribution in [0.2, 0.25) is 0 Å². The summed E-state index contributed by atoms with van der Waals surface area (Å²) < 4.78 is 0. The van der Waals surface area contributed by atoms with Crippen LogP contribution in [-0.2, 0) is 11.3 Å². The van der Waals surface area contributed by atoms with E-state index in [-0.39, 0.29) is 23.8 Å². The van der Waals surface area contributed by atoms with Gasteiger partial charge in [-0.1, -0.05) is 62.8 Å². The number of benzene rings is 1. The van der Waals surface area contributed by atoms with Crippen molar-refractivity contribution < 1.29 is 14.7 Å². The van der Waals surface area contributed by atoms with Crippen molar-refractivity contribution >= 4 is 34.1 Å². The second-order valence-corrected chi connectivity index (χ2v) is 13.9. The third-order valence-corrected chi connectivity index (χ3v) is 11.0. The Labute approximate surface area is 259 Å². The fraction of sp³-hybridized carbons (Fsp3) is 0.571. The van der Waals surface area contributed by atoms with E-state index in [2.05, 4.69) is 28.6 Å². The van der Waals surface area contributed by atoms with Crippen molar-refractivity contribution in [1.29, 1.82) is 0 Å². The minimum absolute atomic E-state index is 0.0195. The van der Waals surface area contributed by atoms with E-state index in [4.69, 9.17) is 4.98 Å². The lowest BCUT2D eigenvalue weighted by molar-refractivity contribution is -0.145. The molecule has 2 aliphatic carbocycles. The highest BCUT2D eigenvalue weighted by atomic mass is 32.1. The smallest absolute Gasteiger partial charge is 0.252 e. The summed E-state index contributed by atoms with van der Waals surface area (Å²) in [6.45, 7) is 5.29. The van der Waals surface area contributed by atoms with Gasteiger partial charge in [0.1, 0.15) is 6.10 Å². The van der Waals surface area contributed by atoms with Gasteiger partial charge in [0.2, 0.25) is 0 Å². The Morgan fingerprint density at radius 3 is 2.28 bits per heavy atom. The maximum Gasteiger partial charge on any atom is 0.252 e. The maximum atomic E-state index is 14.2. The summed E-state index contributed by atoms with van der Waals surface area (Å²) in [5.41, 5.74) is 3.38. The quantitative estimate of drug-likeness (QED) is 0.319. The predicted octanol–water partition coefficient (Wildman–Crippen LogP) is 6.25. The van der Waals surface area contributed by atoms with Crippen LogP contribution < -0.4 is 5.32 Å². The molecular weight excluding hydrogens is 556 g/mol. The molecule has 3 fully saturated rings. The monoisotopic (exact) mass is 602 g/mol. The van der Waals surface area contributed by atoms with Crippen LogP contribution in [0.1, 0.15) is 87.1 Å².